The third-order valence-corrected chi connectivity index (χ3v) is 3.48. The highest BCUT2D eigenvalue weighted by molar-refractivity contribution is 9.10. The maximum atomic E-state index is 12.2. The van der Waals surface area contributed by atoms with E-state index in [0.29, 0.717) is 23.8 Å². The fourth-order valence-corrected chi connectivity index (χ4v) is 1.98. The third kappa shape index (κ3) is 3.71. The number of rotatable bonds is 5. The first kappa shape index (κ1) is 15.0. The van der Waals surface area contributed by atoms with Crippen molar-refractivity contribution >= 4 is 21.8 Å². The van der Waals surface area contributed by atoms with Gasteiger partial charge < -0.3 is 15.8 Å². The van der Waals surface area contributed by atoms with Gasteiger partial charge >= 0.3 is 0 Å². The molecule has 1 aromatic rings. The van der Waals surface area contributed by atoms with Crippen molar-refractivity contribution in [2.45, 2.75) is 19.9 Å². The average Bonchev–Trinajstić information content (AvgIpc) is 2.35. The van der Waals surface area contributed by atoms with Gasteiger partial charge in [0.15, 0.2) is 0 Å². The number of hydrogen-bond donors (Lipinski definition) is 2. The zero-order chi connectivity index (χ0) is 13.7. The lowest BCUT2D eigenvalue weighted by Gasteiger charge is -2.21. The Morgan fingerprint density at radius 2 is 2.17 bits per heavy atom. The van der Waals surface area contributed by atoms with Crippen LogP contribution in [0, 0.1) is 5.92 Å². The highest BCUT2D eigenvalue weighted by Crippen LogP contribution is 2.22. The van der Waals surface area contributed by atoms with Gasteiger partial charge in [0, 0.05) is 17.1 Å². The summed E-state index contributed by atoms with van der Waals surface area (Å²) >= 11 is 3.36. The second-order valence-corrected chi connectivity index (χ2v) is 5.26. The summed E-state index contributed by atoms with van der Waals surface area (Å²) in [6, 6.07) is 5.26. The van der Waals surface area contributed by atoms with E-state index in [0.717, 1.165) is 4.47 Å². The summed E-state index contributed by atoms with van der Waals surface area (Å²) in [6.07, 6.45) is 0. The van der Waals surface area contributed by atoms with Crippen LogP contribution in [-0.4, -0.2) is 25.6 Å². The molecular formula is C13H19BrN2O2. The number of benzene rings is 1. The van der Waals surface area contributed by atoms with Crippen LogP contribution in [0.2, 0.25) is 0 Å². The molecule has 1 amide bonds. The van der Waals surface area contributed by atoms with Gasteiger partial charge in [-0.1, -0.05) is 13.8 Å². The van der Waals surface area contributed by atoms with Gasteiger partial charge in [-0.3, -0.25) is 4.79 Å². The molecule has 1 unspecified atom stereocenters. The second kappa shape index (κ2) is 6.75. The fraction of sp³-hybridized carbons (Fsp3) is 0.462. The highest BCUT2D eigenvalue weighted by Gasteiger charge is 2.17. The smallest absolute Gasteiger partial charge is 0.252 e. The van der Waals surface area contributed by atoms with Crippen molar-refractivity contribution in [3.05, 3.63) is 28.2 Å². The van der Waals surface area contributed by atoms with Gasteiger partial charge in [0.1, 0.15) is 5.75 Å². The number of carbonyl (C=O) groups excluding carboxylic acids is 1. The van der Waals surface area contributed by atoms with Gasteiger partial charge in [-0.2, -0.15) is 0 Å². The minimum absolute atomic E-state index is 0.0319. The van der Waals surface area contributed by atoms with Crippen molar-refractivity contribution in [3.8, 4) is 5.75 Å². The number of halogens is 1. The van der Waals surface area contributed by atoms with Gasteiger partial charge in [0.2, 0.25) is 0 Å². The SMILES string of the molecule is COc1ccc(Br)c(C(=O)NC(CN)C(C)C)c1. The molecule has 0 aromatic heterocycles. The zero-order valence-electron chi connectivity index (χ0n) is 10.9. The van der Waals surface area contributed by atoms with Crippen molar-refractivity contribution < 1.29 is 9.53 Å². The summed E-state index contributed by atoms with van der Waals surface area (Å²) in [7, 11) is 1.57. The first-order valence-electron chi connectivity index (χ1n) is 5.84. The van der Waals surface area contributed by atoms with Crippen molar-refractivity contribution in [1.82, 2.24) is 5.32 Å². The van der Waals surface area contributed by atoms with Crippen molar-refractivity contribution in [1.29, 1.82) is 0 Å². The lowest BCUT2D eigenvalue weighted by atomic mass is 10.0. The summed E-state index contributed by atoms with van der Waals surface area (Å²) < 4.78 is 5.85. The average molecular weight is 315 g/mol. The summed E-state index contributed by atoms with van der Waals surface area (Å²) in [5, 5.41) is 2.93. The summed E-state index contributed by atoms with van der Waals surface area (Å²) in [5.74, 6) is 0.797. The van der Waals surface area contributed by atoms with Crippen LogP contribution in [-0.2, 0) is 0 Å². The molecule has 0 heterocycles. The Labute approximate surface area is 116 Å². The van der Waals surface area contributed by atoms with Crippen LogP contribution in [0.15, 0.2) is 22.7 Å². The molecule has 0 spiro atoms. The van der Waals surface area contributed by atoms with Crippen molar-refractivity contribution in [3.63, 3.8) is 0 Å². The Bertz CT molecular complexity index is 421. The molecule has 0 fully saturated rings. The molecule has 0 bridgehead atoms. The molecule has 0 radical (unpaired) electrons. The molecule has 1 aromatic carbocycles. The van der Waals surface area contributed by atoms with Crippen LogP contribution >= 0.6 is 15.9 Å². The fourth-order valence-electron chi connectivity index (χ4n) is 1.55. The maximum Gasteiger partial charge on any atom is 0.252 e. The maximum absolute atomic E-state index is 12.2. The molecule has 0 aliphatic carbocycles. The Kier molecular flexibility index (Phi) is 5.62. The molecule has 5 heteroatoms. The molecule has 1 atom stereocenters. The van der Waals surface area contributed by atoms with Gasteiger partial charge in [0.05, 0.1) is 12.7 Å². The van der Waals surface area contributed by atoms with Crippen LogP contribution in [0.25, 0.3) is 0 Å². The predicted octanol–water partition coefficient (Wildman–Crippen LogP) is 2.17. The summed E-state index contributed by atoms with van der Waals surface area (Å²) in [5.41, 5.74) is 6.19. The van der Waals surface area contributed by atoms with E-state index in [1.54, 1.807) is 25.3 Å². The topological polar surface area (TPSA) is 64.3 Å². The van der Waals surface area contributed by atoms with E-state index in [1.807, 2.05) is 13.8 Å². The number of nitrogens with two attached hydrogens (primary N) is 1. The van der Waals surface area contributed by atoms with E-state index in [4.69, 9.17) is 10.5 Å². The first-order chi connectivity index (χ1) is 8.49. The summed E-state index contributed by atoms with van der Waals surface area (Å²) in [6.45, 7) is 4.47. The standard InChI is InChI=1S/C13H19BrN2O2/c1-8(2)12(7-15)16-13(17)10-6-9(18-3)4-5-11(10)14/h4-6,8,12H,7,15H2,1-3H3,(H,16,17). The third-order valence-electron chi connectivity index (χ3n) is 2.79. The monoisotopic (exact) mass is 314 g/mol. The minimum atomic E-state index is -0.148. The Morgan fingerprint density at radius 3 is 2.67 bits per heavy atom. The Hall–Kier alpha value is -1.07. The Morgan fingerprint density at radius 1 is 1.50 bits per heavy atom. The minimum Gasteiger partial charge on any atom is -0.497 e. The number of hydrogen-bond acceptors (Lipinski definition) is 3. The predicted molar refractivity (Wildman–Crippen MR) is 75.8 cm³/mol. The van der Waals surface area contributed by atoms with Gasteiger partial charge in [-0.25, -0.2) is 0 Å². The molecular weight excluding hydrogens is 296 g/mol. The van der Waals surface area contributed by atoms with E-state index in [-0.39, 0.29) is 11.9 Å². The Balaban J connectivity index is 2.89. The molecule has 0 aliphatic rings. The quantitative estimate of drug-likeness (QED) is 0.875. The van der Waals surface area contributed by atoms with E-state index >= 15 is 0 Å². The molecule has 4 nitrogen and oxygen atoms in total. The lowest BCUT2D eigenvalue weighted by Crippen LogP contribution is -2.43. The number of nitrogens with one attached hydrogen (secondary N) is 1. The number of carbonyl (C=O) groups is 1. The van der Waals surface area contributed by atoms with Gasteiger partial charge in [0.25, 0.3) is 5.91 Å². The normalized spacial score (nSPS) is 12.3. The number of ether oxygens (including phenoxy) is 1. The zero-order valence-corrected chi connectivity index (χ0v) is 12.5. The van der Waals surface area contributed by atoms with Crippen LogP contribution < -0.4 is 15.8 Å². The molecule has 0 aliphatic heterocycles. The molecule has 100 valence electrons. The van der Waals surface area contributed by atoms with E-state index in [9.17, 15) is 4.79 Å². The van der Waals surface area contributed by atoms with Crippen LogP contribution in [0.3, 0.4) is 0 Å². The second-order valence-electron chi connectivity index (χ2n) is 4.41. The first-order valence-corrected chi connectivity index (χ1v) is 6.63. The highest BCUT2D eigenvalue weighted by atomic mass is 79.9. The number of amides is 1. The van der Waals surface area contributed by atoms with Crippen LogP contribution in [0.4, 0.5) is 0 Å². The van der Waals surface area contributed by atoms with Crippen molar-refractivity contribution in [2.75, 3.05) is 13.7 Å². The molecule has 3 N–H and O–H groups in total. The van der Waals surface area contributed by atoms with Gasteiger partial charge in [-0.05, 0) is 40.0 Å². The number of methoxy groups -OCH3 is 1. The van der Waals surface area contributed by atoms with Gasteiger partial charge in [-0.15, -0.1) is 0 Å². The van der Waals surface area contributed by atoms with Crippen LogP contribution in [0.5, 0.6) is 5.75 Å². The molecule has 0 saturated heterocycles. The molecule has 1 rings (SSSR count). The van der Waals surface area contributed by atoms with Crippen molar-refractivity contribution in [2.24, 2.45) is 11.7 Å². The largest absolute Gasteiger partial charge is 0.497 e. The molecule has 0 saturated carbocycles. The lowest BCUT2D eigenvalue weighted by molar-refractivity contribution is 0.0926. The van der Waals surface area contributed by atoms with E-state index in [2.05, 4.69) is 21.2 Å². The molecule has 18 heavy (non-hydrogen) atoms. The van der Waals surface area contributed by atoms with Crippen LogP contribution in [0.1, 0.15) is 24.2 Å². The summed E-state index contributed by atoms with van der Waals surface area (Å²) in [4.78, 5) is 12.2. The van der Waals surface area contributed by atoms with E-state index in [1.165, 1.54) is 0 Å². The van der Waals surface area contributed by atoms with E-state index < -0.39 is 0 Å².